The van der Waals surface area contributed by atoms with E-state index in [4.69, 9.17) is 16.3 Å². The number of ether oxygens (including phenoxy) is 1. The first-order valence-corrected chi connectivity index (χ1v) is 11.8. The SMILES string of the molecule is Cc1nc2ccc(Nc3ncc(NC(=O)OC(C)(C)C)c(=O)n3Cc3ccc(Cl)cc3)cc2s1. The molecule has 0 saturated carbocycles. The number of hydrogen-bond donors (Lipinski definition) is 2. The maximum Gasteiger partial charge on any atom is 0.412 e. The summed E-state index contributed by atoms with van der Waals surface area (Å²) in [7, 11) is 0. The lowest BCUT2D eigenvalue weighted by molar-refractivity contribution is 0.0635. The van der Waals surface area contributed by atoms with E-state index in [0.717, 1.165) is 26.5 Å². The van der Waals surface area contributed by atoms with Gasteiger partial charge in [0.25, 0.3) is 5.56 Å². The predicted octanol–water partition coefficient (Wildman–Crippen LogP) is 5.95. The fourth-order valence-corrected chi connectivity index (χ4v) is 4.25. The van der Waals surface area contributed by atoms with Crippen molar-refractivity contribution < 1.29 is 9.53 Å². The summed E-state index contributed by atoms with van der Waals surface area (Å²) in [5.41, 5.74) is 1.42. The molecule has 0 aliphatic carbocycles. The van der Waals surface area contributed by atoms with Crippen molar-refractivity contribution in [1.29, 1.82) is 0 Å². The molecule has 0 aliphatic rings. The molecule has 2 N–H and O–H groups in total. The van der Waals surface area contributed by atoms with Gasteiger partial charge in [-0.1, -0.05) is 23.7 Å². The third-order valence-electron chi connectivity index (χ3n) is 4.69. The van der Waals surface area contributed by atoms with Crippen molar-refractivity contribution in [3.63, 3.8) is 0 Å². The molecule has 10 heteroatoms. The molecule has 2 aromatic heterocycles. The smallest absolute Gasteiger partial charge is 0.412 e. The van der Waals surface area contributed by atoms with Crippen LogP contribution in [0.15, 0.2) is 53.5 Å². The Kier molecular flexibility index (Phi) is 6.58. The Morgan fingerprint density at radius 1 is 1.18 bits per heavy atom. The predicted molar refractivity (Wildman–Crippen MR) is 137 cm³/mol. The molecular formula is C24H24ClN5O3S. The molecule has 0 atom stereocenters. The molecule has 1 amide bonds. The molecular weight excluding hydrogens is 474 g/mol. The normalized spacial score (nSPS) is 11.4. The molecule has 0 bridgehead atoms. The topological polar surface area (TPSA) is 98.1 Å². The van der Waals surface area contributed by atoms with Gasteiger partial charge in [-0.2, -0.15) is 0 Å². The monoisotopic (exact) mass is 497 g/mol. The molecule has 0 unspecified atom stereocenters. The Hall–Kier alpha value is -3.43. The number of anilines is 3. The lowest BCUT2D eigenvalue weighted by Crippen LogP contribution is -2.32. The number of rotatable bonds is 5. The van der Waals surface area contributed by atoms with E-state index < -0.39 is 17.3 Å². The van der Waals surface area contributed by atoms with Crippen LogP contribution in [0, 0.1) is 6.92 Å². The zero-order chi connectivity index (χ0) is 24.5. The standard InChI is InChI=1S/C24H24ClN5O3S/c1-14-27-18-10-9-17(11-20(18)34-14)28-22-26-12-19(29-23(32)33-24(2,3)4)21(31)30(22)13-15-5-7-16(25)8-6-15/h5-12H,13H2,1-4H3,(H,26,28)(H,29,32). The van der Waals surface area contributed by atoms with Gasteiger partial charge in [0.1, 0.15) is 11.3 Å². The summed E-state index contributed by atoms with van der Waals surface area (Å²) >= 11 is 7.60. The quantitative estimate of drug-likeness (QED) is 0.353. The van der Waals surface area contributed by atoms with E-state index in [0.29, 0.717) is 11.0 Å². The Labute approximate surface area is 205 Å². The van der Waals surface area contributed by atoms with Gasteiger partial charge in [0.05, 0.1) is 28.0 Å². The summed E-state index contributed by atoms with van der Waals surface area (Å²) < 4.78 is 7.76. The minimum absolute atomic E-state index is 0.0160. The highest BCUT2D eigenvalue weighted by Crippen LogP contribution is 2.26. The van der Waals surface area contributed by atoms with E-state index in [2.05, 4.69) is 20.6 Å². The Balaban J connectivity index is 1.70. The van der Waals surface area contributed by atoms with Crippen molar-refractivity contribution in [3.05, 3.63) is 74.6 Å². The summed E-state index contributed by atoms with van der Waals surface area (Å²) in [5, 5.41) is 7.31. The zero-order valence-electron chi connectivity index (χ0n) is 19.2. The van der Waals surface area contributed by atoms with Gasteiger partial charge in [0, 0.05) is 10.7 Å². The van der Waals surface area contributed by atoms with E-state index in [1.165, 1.54) is 10.8 Å². The highest BCUT2D eigenvalue weighted by molar-refractivity contribution is 7.18. The average molecular weight is 498 g/mol. The number of nitrogens with one attached hydrogen (secondary N) is 2. The number of carbonyl (C=O) groups is 1. The van der Waals surface area contributed by atoms with Gasteiger partial charge in [0.15, 0.2) is 0 Å². The number of halogens is 1. The summed E-state index contributed by atoms with van der Waals surface area (Å²) in [6.07, 6.45) is 0.596. The van der Waals surface area contributed by atoms with Crippen LogP contribution in [-0.4, -0.2) is 26.2 Å². The molecule has 4 rings (SSSR count). The van der Waals surface area contributed by atoms with Crippen molar-refractivity contribution in [2.75, 3.05) is 10.6 Å². The van der Waals surface area contributed by atoms with Crippen LogP contribution in [0.5, 0.6) is 0 Å². The number of amides is 1. The van der Waals surface area contributed by atoms with Crippen LogP contribution in [0.3, 0.4) is 0 Å². The fourth-order valence-electron chi connectivity index (χ4n) is 3.26. The molecule has 2 aromatic carbocycles. The molecule has 4 aromatic rings. The minimum Gasteiger partial charge on any atom is -0.444 e. The third-order valence-corrected chi connectivity index (χ3v) is 5.87. The average Bonchev–Trinajstić information content (AvgIpc) is 3.12. The molecule has 176 valence electrons. The van der Waals surface area contributed by atoms with Gasteiger partial charge in [-0.15, -0.1) is 11.3 Å². The van der Waals surface area contributed by atoms with E-state index in [-0.39, 0.29) is 12.2 Å². The number of thiazole rings is 1. The molecule has 34 heavy (non-hydrogen) atoms. The Bertz CT molecular complexity index is 1410. The molecule has 0 radical (unpaired) electrons. The number of aromatic nitrogens is 3. The van der Waals surface area contributed by atoms with Gasteiger partial charge in [0.2, 0.25) is 5.95 Å². The number of nitrogens with zero attached hydrogens (tertiary/aromatic N) is 3. The molecule has 0 saturated heterocycles. The maximum atomic E-state index is 13.3. The van der Waals surface area contributed by atoms with E-state index in [1.54, 1.807) is 44.2 Å². The van der Waals surface area contributed by atoms with E-state index in [1.807, 2.05) is 37.3 Å². The highest BCUT2D eigenvalue weighted by atomic mass is 35.5. The van der Waals surface area contributed by atoms with Crippen LogP contribution in [0.1, 0.15) is 31.3 Å². The molecule has 0 aliphatic heterocycles. The second-order valence-electron chi connectivity index (χ2n) is 8.68. The van der Waals surface area contributed by atoms with Crippen molar-refractivity contribution in [2.45, 2.75) is 39.8 Å². The summed E-state index contributed by atoms with van der Waals surface area (Å²) in [6.45, 7) is 7.42. The fraction of sp³-hybridized carbons (Fsp3) is 0.250. The maximum absolute atomic E-state index is 13.3. The van der Waals surface area contributed by atoms with Crippen LogP contribution in [0.25, 0.3) is 10.2 Å². The van der Waals surface area contributed by atoms with Crippen molar-refractivity contribution in [2.24, 2.45) is 0 Å². The summed E-state index contributed by atoms with van der Waals surface area (Å²) in [4.78, 5) is 34.5. The Morgan fingerprint density at radius 2 is 1.91 bits per heavy atom. The second-order valence-corrected chi connectivity index (χ2v) is 10.4. The molecule has 2 heterocycles. The number of fused-ring (bicyclic) bond motifs is 1. The van der Waals surface area contributed by atoms with Gasteiger partial charge >= 0.3 is 6.09 Å². The van der Waals surface area contributed by atoms with Crippen LogP contribution in [0.2, 0.25) is 5.02 Å². The summed E-state index contributed by atoms with van der Waals surface area (Å²) in [5.74, 6) is 0.329. The van der Waals surface area contributed by atoms with Crippen LogP contribution in [-0.2, 0) is 11.3 Å². The highest BCUT2D eigenvalue weighted by Gasteiger charge is 2.19. The van der Waals surface area contributed by atoms with Crippen molar-refractivity contribution >= 4 is 56.6 Å². The van der Waals surface area contributed by atoms with E-state index in [9.17, 15) is 9.59 Å². The van der Waals surface area contributed by atoms with Gasteiger partial charge in [-0.05, 0) is 63.6 Å². The number of carbonyl (C=O) groups excluding carboxylic acids is 1. The van der Waals surface area contributed by atoms with Gasteiger partial charge < -0.3 is 10.1 Å². The summed E-state index contributed by atoms with van der Waals surface area (Å²) in [6, 6.07) is 12.9. The first kappa shape index (κ1) is 23.7. The first-order valence-electron chi connectivity index (χ1n) is 10.6. The molecule has 0 fully saturated rings. The number of hydrogen-bond acceptors (Lipinski definition) is 7. The first-order chi connectivity index (χ1) is 16.1. The largest absolute Gasteiger partial charge is 0.444 e. The minimum atomic E-state index is -0.726. The van der Waals surface area contributed by atoms with Crippen molar-refractivity contribution in [1.82, 2.24) is 14.5 Å². The second kappa shape index (κ2) is 9.44. The zero-order valence-corrected chi connectivity index (χ0v) is 20.8. The van der Waals surface area contributed by atoms with Crippen LogP contribution in [0.4, 0.5) is 22.1 Å². The van der Waals surface area contributed by atoms with Crippen LogP contribution < -0.4 is 16.2 Å². The Morgan fingerprint density at radius 3 is 2.62 bits per heavy atom. The molecule has 8 nitrogen and oxygen atoms in total. The van der Waals surface area contributed by atoms with Gasteiger partial charge in [-0.25, -0.2) is 14.8 Å². The van der Waals surface area contributed by atoms with E-state index >= 15 is 0 Å². The van der Waals surface area contributed by atoms with Crippen LogP contribution >= 0.6 is 22.9 Å². The van der Waals surface area contributed by atoms with Crippen molar-refractivity contribution in [3.8, 4) is 0 Å². The lowest BCUT2D eigenvalue weighted by atomic mass is 10.2. The number of aryl methyl sites for hydroxylation is 1. The lowest BCUT2D eigenvalue weighted by Gasteiger charge is -2.20. The number of benzene rings is 2. The molecule has 0 spiro atoms. The van der Waals surface area contributed by atoms with Gasteiger partial charge in [-0.3, -0.25) is 14.7 Å². The third kappa shape index (κ3) is 5.73.